The van der Waals surface area contributed by atoms with Crippen molar-refractivity contribution in [2.75, 3.05) is 6.61 Å². The molecule has 0 radical (unpaired) electrons. The number of fused-ring (bicyclic) bond motifs is 1. The van der Waals surface area contributed by atoms with E-state index in [0.717, 1.165) is 19.4 Å². The normalized spacial score (nSPS) is 16.5. The summed E-state index contributed by atoms with van der Waals surface area (Å²) in [6.45, 7) is 1.17. The van der Waals surface area contributed by atoms with Gasteiger partial charge in [0.15, 0.2) is 21.2 Å². The molecule has 4 aromatic heterocycles. The molecular weight excluding hydrogens is 474 g/mol. The van der Waals surface area contributed by atoms with Gasteiger partial charge >= 0.3 is 0 Å². The van der Waals surface area contributed by atoms with Gasteiger partial charge in [-0.2, -0.15) is 0 Å². The third-order valence-corrected chi connectivity index (χ3v) is 6.07. The number of aromatic nitrogens is 5. The second-order valence-corrected chi connectivity index (χ2v) is 8.44. The molecule has 1 aliphatic rings. The van der Waals surface area contributed by atoms with E-state index in [1.807, 2.05) is 0 Å². The zero-order chi connectivity index (χ0) is 20.5. The molecule has 4 aromatic rings. The van der Waals surface area contributed by atoms with Crippen LogP contribution < -0.4 is 5.56 Å². The molecule has 0 amide bonds. The average molecular weight is 490 g/mol. The molecule has 5 heterocycles. The minimum atomic E-state index is -0.127. The van der Waals surface area contributed by atoms with Crippen LogP contribution in [0.4, 0.5) is 0 Å². The lowest BCUT2D eigenvalue weighted by Gasteiger charge is -2.15. The minimum absolute atomic E-state index is 0.00498. The van der Waals surface area contributed by atoms with E-state index < -0.39 is 0 Å². The highest BCUT2D eigenvalue weighted by Crippen LogP contribution is 2.27. The minimum Gasteiger partial charge on any atom is -0.444 e. The van der Waals surface area contributed by atoms with E-state index in [-0.39, 0.29) is 11.7 Å². The van der Waals surface area contributed by atoms with Crippen LogP contribution in [0.3, 0.4) is 0 Å². The molecule has 0 bridgehead atoms. The van der Waals surface area contributed by atoms with Gasteiger partial charge in [-0.15, -0.1) is 10.2 Å². The molecule has 11 heteroatoms. The third-order valence-electron chi connectivity index (χ3n) is 4.68. The molecule has 0 saturated carbocycles. The summed E-state index contributed by atoms with van der Waals surface area (Å²) in [6, 6.07) is 6.97. The lowest BCUT2D eigenvalue weighted by Crippen LogP contribution is -2.29. The second kappa shape index (κ2) is 8.32. The molecule has 9 nitrogen and oxygen atoms in total. The number of ether oxygens (including phenoxy) is 1. The fourth-order valence-electron chi connectivity index (χ4n) is 3.27. The highest BCUT2D eigenvalue weighted by Gasteiger charge is 2.21. The highest BCUT2D eigenvalue weighted by molar-refractivity contribution is 9.10. The Morgan fingerprint density at radius 1 is 1.23 bits per heavy atom. The zero-order valence-corrected chi connectivity index (χ0v) is 18.1. The first-order valence-electron chi connectivity index (χ1n) is 9.35. The Labute approximate surface area is 183 Å². The Bertz CT molecular complexity index is 1250. The van der Waals surface area contributed by atoms with Crippen LogP contribution in [-0.4, -0.2) is 37.4 Å². The molecular formula is C19H16BrN5O4S. The third kappa shape index (κ3) is 3.92. The number of nitrogens with zero attached hydrogens (tertiary/aromatic N) is 5. The van der Waals surface area contributed by atoms with Crippen molar-refractivity contribution >= 4 is 38.7 Å². The summed E-state index contributed by atoms with van der Waals surface area (Å²) in [5, 5.41) is 9.12. The smallest absolute Gasteiger partial charge is 0.283 e. The Hall–Kier alpha value is -2.50. The number of halogens is 1. The van der Waals surface area contributed by atoms with Crippen LogP contribution in [0.15, 0.2) is 53.9 Å². The monoisotopic (exact) mass is 489 g/mol. The number of thioether (sulfide) groups is 1. The van der Waals surface area contributed by atoms with E-state index >= 15 is 0 Å². The molecule has 0 aliphatic carbocycles. The van der Waals surface area contributed by atoms with E-state index in [2.05, 4.69) is 36.1 Å². The topological polar surface area (TPSA) is 109 Å². The Kier molecular flexibility index (Phi) is 5.40. The van der Waals surface area contributed by atoms with Crippen molar-refractivity contribution in [1.29, 1.82) is 0 Å². The molecule has 154 valence electrons. The van der Waals surface area contributed by atoms with Crippen LogP contribution in [0.25, 0.3) is 22.7 Å². The van der Waals surface area contributed by atoms with E-state index in [1.54, 1.807) is 35.0 Å². The molecule has 1 fully saturated rings. The van der Waals surface area contributed by atoms with Gasteiger partial charge in [0.05, 0.1) is 23.8 Å². The van der Waals surface area contributed by atoms with Gasteiger partial charge < -0.3 is 13.6 Å². The van der Waals surface area contributed by atoms with Gasteiger partial charge in [0.1, 0.15) is 0 Å². The standard InChI is InChI=1S/C19H16BrN5O4S/c20-14-6-5-13(28-14)17-24-23-15(29-17)10-30-19-22-16-12(4-1-7-21-16)18(26)25(19)9-11-3-2-8-27-11/h1,4-7,11H,2-3,8-10H2. The largest absolute Gasteiger partial charge is 0.444 e. The van der Waals surface area contributed by atoms with Gasteiger partial charge in [-0.25, -0.2) is 9.97 Å². The Balaban J connectivity index is 1.43. The number of pyridine rings is 1. The maximum Gasteiger partial charge on any atom is 0.283 e. The summed E-state index contributed by atoms with van der Waals surface area (Å²) in [5.41, 5.74) is 0.290. The quantitative estimate of drug-likeness (QED) is 0.295. The van der Waals surface area contributed by atoms with Crippen LogP contribution in [0.1, 0.15) is 18.7 Å². The first-order chi connectivity index (χ1) is 14.7. The molecule has 0 spiro atoms. The predicted molar refractivity (Wildman–Crippen MR) is 112 cm³/mol. The molecule has 1 aliphatic heterocycles. The van der Waals surface area contributed by atoms with Crippen LogP contribution in [0.2, 0.25) is 0 Å². The van der Waals surface area contributed by atoms with Gasteiger partial charge in [0.25, 0.3) is 11.4 Å². The molecule has 30 heavy (non-hydrogen) atoms. The Morgan fingerprint density at radius 2 is 2.17 bits per heavy atom. The van der Waals surface area contributed by atoms with Crippen molar-refractivity contribution in [3.05, 3.63) is 51.4 Å². The van der Waals surface area contributed by atoms with Crippen LogP contribution in [0.5, 0.6) is 0 Å². The summed E-state index contributed by atoms with van der Waals surface area (Å²) in [5.74, 6) is 1.53. The summed E-state index contributed by atoms with van der Waals surface area (Å²) in [4.78, 5) is 21.9. The SMILES string of the molecule is O=c1c2cccnc2nc(SCc2nnc(-c3ccc(Br)o3)o2)n1CC1CCCO1. The summed E-state index contributed by atoms with van der Waals surface area (Å²) < 4.78 is 19.1. The summed E-state index contributed by atoms with van der Waals surface area (Å²) in [6.07, 6.45) is 3.55. The first-order valence-corrected chi connectivity index (χ1v) is 11.1. The molecule has 1 unspecified atom stereocenters. The number of hydrogen-bond acceptors (Lipinski definition) is 9. The van der Waals surface area contributed by atoms with Crippen molar-refractivity contribution < 1.29 is 13.6 Å². The van der Waals surface area contributed by atoms with Crippen molar-refractivity contribution in [1.82, 2.24) is 24.7 Å². The van der Waals surface area contributed by atoms with E-state index in [9.17, 15) is 4.79 Å². The van der Waals surface area contributed by atoms with Crippen LogP contribution in [0, 0.1) is 0 Å². The lowest BCUT2D eigenvalue weighted by atomic mass is 10.2. The lowest BCUT2D eigenvalue weighted by molar-refractivity contribution is 0.0937. The van der Waals surface area contributed by atoms with E-state index in [0.29, 0.717) is 50.7 Å². The maximum atomic E-state index is 13.1. The fraction of sp³-hybridized carbons (Fsp3) is 0.316. The second-order valence-electron chi connectivity index (χ2n) is 6.71. The van der Waals surface area contributed by atoms with E-state index in [4.69, 9.17) is 13.6 Å². The molecule has 1 saturated heterocycles. The van der Waals surface area contributed by atoms with Crippen molar-refractivity contribution in [3.63, 3.8) is 0 Å². The number of rotatable bonds is 6. The molecule has 5 rings (SSSR count). The number of furan rings is 1. The average Bonchev–Trinajstić information content (AvgIpc) is 3.51. The van der Waals surface area contributed by atoms with Gasteiger partial charge in [-0.1, -0.05) is 11.8 Å². The number of hydrogen-bond donors (Lipinski definition) is 0. The van der Waals surface area contributed by atoms with Crippen molar-refractivity contribution in [2.24, 2.45) is 0 Å². The molecule has 1 atom stereocenters. The van der Waals surface area contributed by atoms with Gasteiger partial charge in [0, 0.05) is 12.8 Å². The molecule has 0 N–H and O–H groups in total. The van der Waals surface area contributed by atoms with Gasteiger partial charge in [-0.3, -0.25) is 9.36 Å². The highest BCUT2D eigenvalue weighted by atomic mass is 79.9. The molecule has 0 aromatic carbocycles. The zero-order valence-electron chi connectivity index (χ0n) is 15.7. The van der Waals surface area contributed by atoms with Crippen LogP contribution in [-0.2, 0) is 17.0 Å². The first kappa shape index (κ1) is 19.5. The van der Waals surface area contributed by atoms with Gasteiger partial charge in [-0.05, 0) is 53.0 Å². The van der Waals surface area contributed by atoms with E-state index in [1.165, 1.54) is 11.8 Å². The maximum absolute atomic E-state index is 13.1. The van der Waals surface area contributed by atoms with Crippen LogP contribution >= 0.6 is 27.7 Å². The summed E-state index contributed by atoms with van der Waals surface area (Å²) in [7, 11) is 0. The fourth-order valence-corrected chi connectivity index (χ4v) is 4.41. The van der Waals surface area contributed by atoms with Crippen molar-refractivity contribution in [3.8, 4) is 11.7 Å². The predicted octanol–water partition coefficient (Wildman–Crippen LogP) is 3.67. The summed E-state index contributed by atoms with van der Waals surface area (Å²) >= 11 is 4.60. The Morgan fingerprint density at radius 3 is 2.97 bits per heavy atom. The van der Waals surface area contributed by atoms with Crippen molar-refractivity contribution in [2.45, 2.75) is 36.4 Å². The van der Waals surface area contributed by atoms with Gasteiger partial charge in [0.2, 0.25) is 5.89 Å².